The number of morpholine rings is 1. The quantitative estimate of drug-likeness (QED) is 0.504. The summed E-state index contributed by atoms with van der Waals surface area (Å²) in [6.07, 6.45) is 1.54. The van der Waals surface area contributed by atoms with Crippen molar-refractivity contribution in [2.45, 2.75) is 13.5 Å². The van der Waals surface area contributed by atoms with Crippen molar-refractivity contribution in [3.05, 3.63) is 59.4 Å². The van der Waals surface area contributed by atoms with Crippen molar-refractivity contribution >= 4 is 12.1 Å². The molecular weight excluding hydrogens is 389 g/mol. The first-order chi connectivity index (χ1) is 14.7. The van der Waals surface area contributed by atoms with E-state index in [1.54, 1.807) is 42.6 Å². The molecule has 8 heteroatoms. The van der Waals surface area contributed by atoms with Crippen LogP contribution >= 0.6 is 0 Å². The Morgan fingerprint density at radius 1 is 1.20 bits per heavy atom. The van der Waals surface area contributed by atoms with Crippen molar-refractivity contribution in [2.75, 3.05) is 39.5 Å². The molecule has 0 aliphatic carbocycles. The summed E-state index contributed by atoms with van der Waals surface area (Å²) < 4.78 is 30.4. The van der Waals surface area contributed by atoms with E-state index >= 15 is 0 Å². The van der Waals surface area contributed by atoms with Gasteiger partial charge in [-0.1, -0.05) is 18.2 Å². The number of benzene rings is 2. The van der Waals surface area contributed by atoms with Gasteiger partial charge in [-0.2, -0.15) is 5.10 Å². The highest BCUT2D eigenvalue weighted by atomic mass is 19.1. The molecule has 0 bridgehead atoms. The minimum Gasteiger partial charge on any atom is -0.490 e. The number of amides is 1. The molecule has 1 fully saturated rings. The van der Waals surface area contributed by atoms with Crippen molar-refractivity contribution in [2.24, 2.45) is 5.10 Å². The largest absolute Gasteiger partial charge is 0.490 e. The average Bonchev–Trinajstić information content (AvgIpc) is 2.75. The number of halogens is 1. The Labute approximate surface area is 175 Å². The van der Waals surface area contributed by atoms with E-state index in [4.69, 9.17) is 14.2 Å². The monoisotopic (exact) mass is 415 g/mol. The van der Waals surface area contributed by atoms with E-state index in [1.807, 2.05) is 11.8 Å². The smallest absolute Gasteiger partial charge is 0.254 e. The standard InChI is InChI=1S/C22H26FN3O4/c1-2-29-21-13-17(14-24-25-22(27)15-26-9-11-28-12-10-26)7-8-20(21)30-16-18-5-3-4-6-19(18)23/h3-8,13-14H,2,9-12,15-16H2,1H3,(H,25,27)/b24-14+. The van der Waals surface area contributed by atoms with Gasteiger partial charge in [-0.25, -0.2) is 9.82 Å². The third-order valence-corrected chi connectivity index (χ3v) is 4.48. The molecule has 0 atom stereocenters. The summed E-state index contributed by atoms with van der Waals surface area (Å²) in [5.41, 5.74) is 3.74. The number of hydrazone groups is 1. The summed E-state index contributed by atoms with van der Waals surface area (Å²) in [5, 5.41) is 4.01. The number of carbonyl (C=O) groups excluding carboxylic acids is 1. The summed E-state index contributed by atoms with van der Waals surface area (Å²) in [5.74, 6) is 0.543. The van der Waals surface area contributed by atoms with Gasteiger partial charge in [-0.3, -0.25) is 9.69 Å². The topological polar surface area (TPSA) is 72.4 Å². The van der Waals surface area contributed by atoms with Crippen LogP contribution in [0.3, 0.4) is 0 Å². The van der Waals surface area contributed by atoms with E-state index in [9.17, 15) is 9.18 Å². The number of carbonyl (C=O) groups is 1. The molecule has 7 nitrogen and oxygen atoms in total. The zero-order valence-corrected chi connectivity index (χ0v) is 17.0. The average molecular weight is 415 g/mol. The van der Waals surface area contributed by atoms with Gasteiger partial charge in [0.15, 0.2) is 11.5 Å². The van der Waals surface area contributed by atoms with E-state index in [0.717, 1.165) is 18.7 Å². The summed E-state index contributed by atoms with van der Waals surface area (Å²) in [7, 11) is 0. The van der Waals surface area contributed by atoms with Gasteiger partial charge in [0.2, 0.25) is 0 Å². The zero-order valence-electron chi connectivity index (χ0n) is 17.0. The minimum atomic E-state index is -0.313. The fourth-order valence-electron chi connectivity index (χ4n) is 2.94. The molecule has 3 rings (SSSR count). The Bertz CT molecular complexity index is 869. The third-order valence-electron chi connectivity index (χ3n) is 4.48. The summed E-state index contributed by atoms with van der Waals surface area (Å²) >= 11 is 0. The normalized spacial score (nSPS) is 14.6. The Kier molecular flexibility index (Phi) is 8.17. The minimum absolute atomic E-state index is 0.0950. The van der Waals surface area contributed by atoms with Crippen LogP contribution in [0.2, 0.25) is 0 Å². The van der Waals surface area contributed by atoms with Gasteiger partial charge in [-0.15, -0.1) is 0 Å². The molecule has 2 aromatic rings. The molecule has 160 valence electrons. The highest BCUT2D eigenvalue weighted by Gasteiger charge is 2.13. The highest BCUT2D eigenvalue weighted by Crippen LogP contribution is 2.29. The Morgan fingerprint density at radius 2 is 2.00 bits per heavy atom. The molecule has 0 aromatic heterocycles. The van der Waals surface area contributed by atoms with Crippen LogP contribution in [0.4, 0.5) is 4.39 Å². The SMILES string of the molecule is CCOc1cc(/C=N/NC(=O)CN2CCOCC2)ccc1OCc1ccccc1F. The number of nitrogens with zero attached hydrogens (tertiary/aromatic N) is 2. The molecule has 0 spiro atoms. The van der Waals surface area contributed by atoms with Gasteiger partial charge in [-0.05, 0) is 36.8 Å². The van der Waals surface area contributed by atoms with E-state index in [1.165, 1.54) is 6.07 Å². The summed E-state index contributed by atoms with van der Waals surface area (Å²) in [4.78, 5) is 14.0. The highest BCUT2D eigenvalue weighted by molar-refractivity contribution is 5.83. The van der Waals surface area contributed by atoms with Crippen LogP contribution in [-0.4, -0.2) is 56.5 Å². The van der Waals surface area contributed by atoms with E-state index < -0.39 is 0 Å². The number of ether oxygens (including phenoxy) is 3. The lowest BCUT2D eigenvalue weighted by Crippen LogP contribution is -2.42. The Balaban J connectivity index is 1.57. The van der Waals surface area contributed by atoms with Crippen LogP contribution in [0.1, 0.15) is 18.1 Å². The lowest BCUT2D eigenvalue weighted by Gasteiger charge is -2.25. The second-order valence-electron chi connectivity index (χ2n) is 6.70. The maximum absolute atomic E-state index is 13.8. The molecule has 30 heavy (non-hydrogen) atoms. The van der Waals surface area contributed by atoms with E-state index in [0.29, 0.717) is 36.9 Å². The molecule has 1 aliphatic heterocycles. The van der Waals surface area contributed by atoms with Gasteiger partial charge < -0.3 is 14.2 Å². The second-order valence-corrected chi connectivity index (χ2v) is 6.70. The molecule has 0 unspecified atom stereocenters. The molecule has 1 amide bonds. The van der Waals surface area contributed by atoms with Gasteiger partial charge >= 0.3 is 0 Å². The maximum atomic E-state index is 13.8. The van der Waals surface area contributed by atoms with Gasteiger partial charge in [0.25, 0.3) is 5.91 Å². The van der Waals surface area contributed by atoms with Crippen molar-refractivity contribution < 1.29 is 23.4 Å². The first-order valence-corrected chi connectivity index (χ1v) is 9.90. The molecular formula is C22H26FN3O4. The second kappa shape index (κ2) is 11.3. The zero-order chi connectivity index (χ0) is 21.2. The van der Waals surface area contributed by atoms with Crippen LogP contribution in [0.5, 0.6) is 11.5 Å². The molecule has 0 saturated carbocycles. The van der Waals surface area contributed by atoms with Crippen LogP contribution in [-0.2, 0) is 16.1 Å². The van der Waals surface area contributed by atoms with Gasteiger partial charge in [0, 0.05) is 18.7 Å². The molecule has 1 heterocycles. The summed E-state index contributed by atoms with van der Waals surface area (Å²) in [6.45, 7) is 5.46. The van der Waals surface area contributed by atoms with Crippen LogP contribution in [0.15, 0.2) is 47.6 Å². The lowest BCUT2D eigenvalue weighted by molar-refractivity contribution is -0.123. The van der Waals surface area contributed by atoms with Crippen molar-refractivity contribution in [1.82, 2.24) is 10.3 Å². The first kappa shape index (κ1) is 21.7. The molecule has 0 radical (unpaired) electrons. The Hall–Kier alpha value is -2.97. The number of nitrogens with one attached hydrogen (secondary N) is 1. The molecule has 1 aliphatic rings. The van der Waals surface area contributed by atoms with Crippen molar-refractivity contribution in [1.29, 1.82) is 0 Å². The predicted octanol–water partition coefficient (Wildman–Crippen LogP) is 2.59. The lowest BCUT2D eigenvalue weighted by atomic mass is 10.2. The molecule has 2 aromatic carbocycles. The third kappa shape index (κ3) is 6.53. The fourth-order valence-corrected chi connectivity index (χ4v) is 2.94. The van der Waals surface area contributed by atoms with Crippen LogP contribution < -0.4 is 14.9 Å². The first-order valence-electron chi connectivity index (χ1n) is 9.90. The van der Waals surface area contributed by atoms with Gasteiger partial charge in [0.1, 0.15) is 12.4 Å². The number of hydrogen-bond acceptors (Lipinski definition) is 6. The summed E-state index contributed by atoms with van der Waals surface area (Å²) in [6, 6.07) is 11.8. The van der Waals surface area contributed by atoms with Crippen LogP contribution in [0, 0.1) is 5.82 Å². The molecule has 1 N–H and O–H groups in total. The Morgan fingerprint density at radius 3 is 2.77 bits per heavy atom. The predicted molar refractivity (Wildman–Crippen MR) is 111 cm³/mol. The molecule has 1 saturated heterocycles. The van der Waals surface area contributed by atoms with E-state index in [2.05, 4.69) is 10.5 Å². The van der Waals surface area contributed by atoms with E-state index in [-0.39, 0.29) is 24.9 Å². The van der Waals surface area contributed by atoms with Crippen molar-refractivity contribution in [3.63, 3.8) is 0 Å². The van der Waals surface area contributed by atoms with Crippen molar-refractivity contribution in [3.8, 4) is 11.5 Å². The maximum Gasteiger partial charge on any atom is 0.254 e. The number of rotatable bonds is 9. The number of hydrogen-bond donors (Lipinski definition) is 1. The van der Waals surface area contributed by atoms with Gasteiger partial charge in [0.05, 0.1) is 32.6 Å². The fraction of sp³-hybridized carbons (Fsp3) is 0.364. The van der Waals surface area contributed by atoms with Crippen LogP contribution in [0.25, 0.3) is 0 Å².